The molecule has 1 aliphatic heterocycles. The van der Waals surface area contributed by atoms with E-state index in [0.29, 0.717) is 29.2 Å². The lowest BCUT2D eigenvalue weighted by Gasteiger charge is -2.33. The van der Waals surface area contributed by atoms with Crippen LogP contribution in [0, 0.1) is 11.8 Å². The van der Waals surface area contributed by atoms with Crippen molar-refractivity contribution in [1.82, 2.24) is 14.8 Å². The van der Waals surface area contributed by atoms with Crippen molar-refractivity contribution in [2.75, 3.05) is 44.3 Å². The number of nitrogens with two attached hydrogens (primary N) is 1. The maximum atomic E-state index is 13.9. The fourth-order valence-electron chi connectivity index (χ4n) is 3.95. The second-order valence-electron chi connectivity index (χ2n) is 8.93. The monoisotopic (exact) mass is 561 g/mol. The van der Waals surface area contributed by atoms with E-state index < -0.39 is 17.6 Å². The van der Waals surface area contributed by atoms with Gasteiger partial charge in [0.25, 0.3) is 5.91 Å². The average molecular weight is 562 g/mol. The van der Waals surface area contributed by atoms with Gasteiger partial charge in [0.2, 0.25) is 0 Å². The standard InChI is InChI=1S/C27H24Cl2F3N5O/c1-36-8-10-37(11-9-36)16-20-4-6-22(14-23(20)27(30,31)32)35-26(38)19-5-7-24(29)17(12-19)2-3-18-13-21(28)15-34-25(18)33/h4-7,12-15H,8-11,16H2,1H3,(H2,33,34)(H,35,38). The third kappa shape index (κ3) is 6.97. The van der Waals surface area contributed by atoms with Crippen molar-refractivity contribution < 1.29 is 18.0 Å². The second-order valence-corrected chi connectivity index (χ2v) is 9.78. The Morgan fingerprint density at radius 3 is 2.47 bits per heavy atom. The number of carbonyl (C=O) groups is 1. The first kappa shape index (κ1) is 27.7. The molecule has 1 aliphatic rings. The third-order valence-corrected chi connectivity index (χ3v) is 6.64. The van der Waals surface area contributed by atoms with Gasteiger partial charge in [0.1, 0.15) is 5.82 Å². The lowest BCUT2D eigenvalue weighted by molar-refractivity contribution is -0.138. The number of hydrogen-bond donors (Lipinski definition) is 2. The van der Waals surface area contributed by atoms with E-state index in [4.69, 9.17) is 28.9 Å². The summed E-state index contributed by atoms with van der Waals surface area (Å²) < 4.78 is 41.7. The summed E-state index contributed by atoms with van der Waals surface area (Å²) >= 11 is 12.2. The Labute approximate surface area is 228 Å². The molecule has 1 aromatic heterocycles. The molecule has 38 heavy (non-hydrogen) atoms. The number of anilines is 2. The van der Waals surface area contributed by atoms with Crippen LogP contribution in [-0.4, -0.2) is 53.9 Å². The quantitative estimate of drug-likeness (QED) is 0.418. The molecule has 1 saturated heterocycles. The van der Waals surface area contributed by atoms with E-state index in [1.807, 2.05) is 11.9 Å². The van der Waals surface area contributed by atoms with Crippen molar-refractivity contribution in [1.29, 1.82) is 0 Å². The van der Waals surface area contributed by atoms with Crippen LogP contribution in [0.1, 0.15) is 32.6 Å². The van der Waals surface area contributed by atoms with Gasteiger partial charge in [0.05, 0.1) is 21.2 Å². The molecule has 1 amide bonds. The van der Waals surface area contributed by atoms with Crippen LogP contribution < -0.4 is 11.1 Å². The zero-order valence-electron chi connectivity index (χ0n) is 20.4. The van der Waals surface area contributed by atoms with E-state index in [9.17, 15) is 18.0 Å². The average Bonchev–Trinajstić information content (AvgIpc) is 2.87. The van der Waals surface area contributed by atoms with Gasteiger partial charge in [-0.3, -0.25) is 9.69 Å². The number of halogens is 5. The topological polar surface area (TPSA) is 74.5 Å². The molecular weight excluding hydrogens is 538 g/mol. The molecule has 6 nitrogen and oxygen atoms in total. The van der Waals surface area contributed by atoms with Crippen molar-refractivity contribution in [3.05, 3.63) is 86.5 Å². The number of alkyl halides is 3. The summed E-state index contributed by atoms with van der Waals surface area (Å²) in [4.78, 5) is 21.0. The zero-order valence-corrected chi connectivity index (χ0v) is 21.9. The highest BCUT2D eigenvalue weighted by atomic mass is 35.5. The Kier molecular flexibility index (Phi) is 8.48. The molecular formula is C27H24Cl2F3N5O. The molecule has 0 unspecified atom stereocenters. The van der Waals surface area contributed by atoms with Crippen LogP contribution in [0.2, 0.25) is 10.0 Å². The lowest BCUT2D eigenvalue weighted by atomic mass is 10.0. The first-order chi connectivity index (χ1) is 18.0. The van der Waals surface area contributed by atoms with Crippen LogP contribution >= 0.6 is 23.2 Å². The van der Waals surface area contributed by atoms with Gasteiger partial charge in [-0.1, -0.05) is 41.1 Å². The van der Waals surface area contributed by atoms with Crippen molar-refractivity contribution in [2.45, 2.75) is 12.7 Å². The number of piperazine rings is 1. The first-order valence-corrected chi connectivity index (χ1v) is 12.4. The maximum Gasteiger partial charge on any atom is 0.416 e. The van der Waals surface area contributed by atoms with E-state index >= 15 is 0 Å². The Bertz CT molecular complexity index is 1410. The predicted molar refractivity (Wildman–Crippen MR) is 143 cm³/mol. The normalized spacial score (nSPS) is 14.6. The highest BCUT2D eigenvalue weighted by Crippen LogP contribution is 2.35. The predicted octanol–water partition coefficient (Wildman–Crippen LogP) is 5.39. The van der Waals surface area contributed by atoms with E-state index in [1.165, 1.54) is 36.5 Å². The molecule has 11 heteroatoms. The smallest absolute Gasteiger partial charge is 0.383 e. The summed E-state index contributed by atoms with van der Waals surface area (Å²) in [6, 6.07) is 9.81. The number of benzene rings is 2. The van der Waals surface area contributed by atoms with Gasteiger partial charge in [-0.2, -0.15) is 13.2 Å². The molecule has 0 spiro atoms. The van der Waals surface area contributed by atoms with Crippen LogP contribution in [0.3, 0.4) is 0 Å². The van der Waals surface area contributed by atoms with Gasteiger partial charge in [-0.15, -0.1) is 0 Å². The molecule has 0 saturated carbocycles. The van der Waals surface area contributed by atoms with E-state index in [1.54, 1.807) is 6.07 Å². The molecule has 0 radical (unpaired) electrons. The number of carbonyl (C=O) groups excluding carboxylic acids is 1. The summed E-state index contributed by atoms with van der Waals surface area (Å²) in [6.07, 6.45) is -3.17. The van der Waals surface area contributed by atoms with Gasteiger partial charge in [0.15, 0.2) is 0 Å². The summed E-state index contributed by atoms with van der Waals surface area (Å²) in [7, 11) is 1.98. The molecule has 4 rings (SSSR count). The lowest BCUT2D eigenvalue weighted by Crippen LogP contribution is -2.44. The SMILES string of the molecule is CN1CCN(Cc2ccc(NC(=O)c3ccc(Cl)c(C#Cc4cc(Cl)cnc4N)c3)cc2C(F)(F)F)CC1. The van der Waals surface area contributed by atoms with Crippen LogP contribution in [0.4, 0.5) is 24.7 Å². The first-order valence-electron chi connectivity index (χ1n) is 11.6. The summed E-state index contributed by atoms with van der Waals surface area (Å²) in [5.74, 6) is 5.24. The maximum absolute atomic E-state index is 13.9. The minimum Gasteiger partial charge on any atom is -0.383 e. The number of rotatable bonds is 4. The second kappa shape index (κ2) is 11.6. The van der Waals surface area contributed by atoms with Crippen LogP contribution in [0.15, 0.2) is 48.7 Å². The van der Waals surface area contributed by atoms with Crippen molar-refractivity contribution in [2.24, 2.45) is 0 Å². The van der Waals surface area contributed by atoms with E-state index in [-0.39, 0.29) is 34.2 Å². The largest absolute Gasteiger partial charge is 0.416 e. The van der Waals surface area contributed by atoms with Crippen molar-refractivity contribution in [3.63, 3.8) is 0 Å². The summed E-state index contributed by atoms with van der Waals surface area (Å²) in [5, 5.41) is 3.19. The van der Waals surface area contributed by atoms with Crippen LogP contribution in [-0.2, 0) is 12.7 Å². The molecule has 2 heterocycles. The number of nitrogens with one attached hydrogen (secondary N) is 1. The minimum absolute atomic E-state index is 0.0322. The number of nitrogens with zero attached hydrogens (tertiary/aromatic N) is 3. The Morgan fingerprint density at radius 1 is 1.05 bits per heavy atom. The Hall–Kier alpha value is -3.29. The number of amides is 1. The van der Waals surface area contributed by atoms with Crippen molar-refractivity contribution in [3.8, 4) is 11.8 Å². The number of likely N-dealkylation sites (N-methyl/N-ethyl adjacent to an activating group) is 1. The molecule has 198 valence electrons. The fraction of sp³-hybridized carbons (Fsp3) is 0.259. The van der Waals surface area contributed by atoms with Crippen LogP contribution in [0.25, 0.3) is 0 Å². The van der Waals surface area contributed by atoms with Gasteiger partial charge in [0, 0.05) is 55.7 Å². The number of nitrogen functional groups attached to an aromatic ring is 1. The zero-order chi connectivity index (χ0) is 27.4. The van der Waals surface area contributed by atoms with Gasteiger partial charge in [-0.25, -0.2) is 4.98 Å². The highest BCUT2D eigenvalue weighted by Gasteiger charge is 2.34. The van der Waals surface area contributed by atoms with Crippen LogP contribution in [0.5, 0.6) is 0 Å². The molecule has 3 N–H and O–H groups in total. The molecule has 0 bridgehead atoms. The molecule has 3 aromatic rings. The van der Waals surface area contributed by atoms with Gasteiger partial charge >= 0.3 is 6.18 Å². The fourth-order valence-corrected chi connectivity index (χ4v) is 4.28. The third-order valence-electron chi connectivity index (χ3n) is 6.11. The highest BCUT2D eigenvalue weighted by molar-refractivity contribution is 6.32. The molecule has 2 aromatic carbocycles. The molecule has 1 fully saturated rings. The number of pyridine rings is 1. The molecule has 0 atom stereocenters. The van der Waals surface area contributed by atoms with E-state index in [2.05, 4.69) is 27.0 Å². The van der Waals surface area contributed by atoms with E-state index in [0.717, 1.165) is 19.2 Å². The number of aromatic nitrogens is 1. The van der Waals surface area contributed by atoms with Gasteiger partial charge < -0.3 is 16.0 Å². The molecule has 0 aliphatic carbocycles. The number of hydrogen-bond acceptors (Lipinski definition) is 5. The Balaban J connectivity index is 1.54. The van der Waals surface area contributed by atoms with Crippen molar-refractivity contribution >= 4 is 40.6 Å². The summed E-state index contributed by atoms with van der Waals surface area (Å²) in [5.41, 5.74) is 6.13. The minimum atomic E-state index is -4.57. The summed E-state index contributed by atoms with van der Waals surface area (Å²) in [6.45, 7) is 3.16. The Morgan fingerprint density at radius 2 is 1.76 bits per heavy atom. The van der Waals surface area contributed by atoms with Gasteiger partial charge in [-0.05, 0) is 49.0 Å².